The molecular formula is C16H26N2O4Si. The van der Waals surface area contributed by atoms with E-state index in [0.717, 1.165) is 10.6 Å². The predicted octanol–water partition coefficient (Wildman–Crippen LogP) is 1.49. The van der Waals surface area contributed by atoms with Crippen molar-refractivity contribution < 1.29 is 9.84 Å². The largest absolute Gasteiger partial charge is 0.389 e. The summed E-state index contributed by atoms with van der Waals surface area (Å²) in [4.78, 5) is 24.8. The molecule has 0 saturated carbocycles. The number of ether oxygens (including phenoxy) is 1. The molecule has 23 heavy (non-hydrogen) atoms. The SMILES string of the molecule is Cc1cn([C@H]2C=C[C@@H](O)C2)c(=O)n(COCC[Si](C)(C)C)c1=O. The Morgan fingerprint density at radius 1 is 1.30 bits per heavy atom. The van der Waals surface area contributed by atoms with Crippen molar-refractivity contribution in [3.8, 4) is 0 Å². The van der Waals surface area contributed by atoms with Gasteiger partial charge in [-0.05, 0) is 13.0 Å². The van der Waals surface area contributed by atoms with E-state index in [2.05, 4.69) is 19.6 Å². The van der Waals surface area contributed by atoms with E-state index in [1.165, 1.54) is 4.57 Å². The lowest BCUT2D eigenvalue weighted by Crippen LogP contribution is -2.42. The van der Waals surface area contributed by atoms with Crippen LogP contribution in [0.4, 0.5) is 0 Å². The van der Waals surface area contributed by atoms with Gasteiger partial charge in [0.15, 0.2) is 0 Å². The van der Waals surface area contributed by atoms with Crippen LogP contribution in [0.1, 0.15) is 18.0 Å². The average molecular weight is 338 g/mol. The Labute approximate surface area is 137 Å². The van der Waals surface area contributed by atoms with Crippen molar-refractivity contribution in [2.75, 3.05) is 6.61 Å². The molecule has 0 radical (unpaired) electrons. The minimum absolute atomic E-state index is 0.0250. The maximum Gasteiger partial charge on any atom is 0.333 e. The van der Waals surface area contributed by atoms with Crippen molar-refractivity contribution >= 4 is 8.07 Å². The molecule has 128 valence electrons. The third-order valence-corrected chi connectivity index (χ3v) is 5.68. The number of allylic oxidation sites excluding steroid dienone is 1. The number of nitrogens with zero attached hydrogens (tertiary/aromatic N) is 2. The number of aliphatic hydroxyl groups is 1. The van der Waals surface area contributed by atoms with Crippen LogP contribution in [0.3, 0.4) is 0 Å². The second kappa shape index (κ2) is 6.98. The van der Waals surface area contributed by atoms with Crippen molar-refractivity contribution in [2.24, 2.45) is 0 Å². The summed E-state index contributed by atoms with van der Waals surface area (Å²) in [5.74, 6) is 0. The van der Waals surface area contributed by atoms with E-state index in [-0.39, 0.29) is 18.3 Å². The first-order valence-corrected chi connectivity index (χ1v) is 11.7. The predicted molar refractivity (Wildman–Crippen MR) is 92.6 cm³/mol. The lowest BCUT2D eigenvalue weighted by atomic mass is 10.2. The third-order valence-electron chi connectivity index (χ3n) is 3.98. The number of rotatable bonds is 6. The van der Waals surface area contributed by atoms with E-state index < -0.39 is 19.9 Å². The fraction of sp³-hybridized carbons (Fsp3) is 0.625. The summed E-state index contributed by atoms with van der Waals surface area (Å²) >= 11 is 0. The summed E-state index contributed by atoms with van der Waals surface area (Å²) in [6.45, 7) is 8.96. The smallest absolute Gasteiger partial charge is 0.333 e. The summed E-state index contributed by atoms with van der Waals surface area (Å²) in [7, 11) is -1.21. The molecule has 0 aliphatic heterocycles. The molecule has 1 aromatic heterocycles. The van der Waals surface area contributed by atoms with Gasteiger partial charge in [0.1, 0.15) is 6.73 Å². The summed E-state index contributed by atoms with van der Waals surface area (Å²) in [5, 5.41) is 9.60. The molecule has 1 aromatic rings. The van der Waals surface area contributed by atoms with Crippen LogP contribution in [-0.2, 0) is 11.5 Å². The molecule has 0 fully saturated rings. The lowest BCUT2D eigenvalue weighted by Gasteiger charge is -2.18. The van der Waals surface area contributed by atoms with Gasteiger partial charge in [-0.25, -0.2) is 9.36 Å². The monoisotopic (exact) mass is 338 g/mol. The Morgan fingerprint density at radius 2 is 2.00 bits per heavy atom. The molecule has 2 rings (SSSR count). The fourth-order valence-corrected chi connectivity index (χ4v) is 3.27. The van der Waals surface area contributed by atoms with Crippen molar-refractivity contribution in [1.82, 2.24) is 9.13 Å². The minimum atomic E-state index is -1.21. The van der Waals surface area contributed by atoms with Crippen molar-refractivity contribution in [1.29, 1.82) is 0 Å². The minimum Gasteiger partial charge on any atom is -0.389 e. The van der Waals surface area contributed by atoms with Crippen molar-refractivity contribution in [3.05, 3.63) is 44.8 Å². The maximum absolute atomic E-state index is 12.6. The highest BCUT2D eigenvalue weighted by molar-refractivity contribution is 6.76. The topological polar surface area (TPSA) is 73.5 Å². The molecule has 1 aliphatic rings. The van der Waals surface area contributed by atoms with Crippen molar-refractivity contribution in [3.63, 3.8) is 0 Å². The number of hydrogen-bond acceptors (Lipinski definition) is 4. The Morgan fingerprint density at radius 3 is 2.57 bits per heavy atom. The third kappa shape index (κ3) is 4.52. The molecule has 0 saturated heterocycles. The van der Waals surface area contributed by atoms with Crippen LogP contribution in [-0.4, -0.2) is 35.0 Å². The van der Waals surface area contributed by atoms with Gasteiger partial charge in [-0.3, -0.25) is 9.36 Å². The van der Waals surface area contributed by atoms with Gasteiger partial charge in [-0.15, -0.1) is 0 Å². The van der Waals surface area contributed by atoms with E-state index in [1.807, 2.05) is 0 Å². The number of aryl methyl sites for hydroxylation is 1. The van der Waals surface area contributed by atoms with Gasteiger partial charge in [0.2, 0.25) is 0 Å². The number of aliphatic hydroxyl groups excluding tert-OH is 1. The first-order chi connectivity index (χ1) is 10.7. The number of hydrogen-bond donors (Lipinski definition) is 1. The van der Waals surface area contributed by atoms with Crippen LogP contribution in [0.15, 0.2) is 27.9 Å². The molecule has 1 heterocycles. The maximum atomic E-state index is 12.6. The molecule has 0 amide bonds. The molecule has 6 nitrogen and oxygen atoms in total. The molecule has 0 spiro atoms. The van der Waals surface area contributed by atoms with Gasteiger partial charge in [0.25, 0.3) is 5.56 Å². The first-order valence-electron chi connectivity index (χ1n) is 7.96. The van der Waals surface area contributed by atoms with Gasteiger partial charge < -0.3 is 9.84 Å². The van der Waals surface area contributed by atoms with Gasteiger partial charge in [0, 0.05) is 32.9 Å². The first kappa shape index (κ1) is 17.9. The van der Waals surface area contributed by atoms with Crippen molar-refractivity contribution in [2.45, 2.75) is 57.9 Å². The van der Waals surface area contributed by atoms with E-state index >= 15 is 0 Å². The molecule has 2 atom stereocenters. The van der Waals surface area contributed by atoms with E-state index in [0.29, 0.717) is 18.6 Å². The van der Waals surface area contributed by atoms with Gasteiger partial charge >= 0.3 is 5.69 Å². The van der Waals surface area contributed by atoms with Crippen LogP contribution in [0.2, 0.25) is 25.7 Å². The fourth-order valence-electron chi connectivity index (χ4n) is 2.51. The zero-order chi connectivity index (χ0) is 17.2. The van der Waals surface area contributed by atoms with Crippen LogP contribution in [0.5, 0.6) is 0 Å². The Hall–Kier alpha value is -1.44. The zero-order valence-corrected chi connectivity index (χ0v) is 15.3. The van der Waals surface area contributed by atoms with Gasteiger partial charge in [-0.1, -0.05) is 31.8 Å². The van der Waals surface area contributed by atoms with E-state index in [4.69, 9.17) is 4.74 Å². The lowest BCUT2D eigenvalue weighted by molar-refractivity contribution is 0.0797. The van der Waals surface area contributed by atoms with Crippen LogP contribution < -0.4 is 11.2 Å². The Bertz CT molecular complexity index is 700. The normalized spacial score (nSPS) is 21.1. The van der Waals surface area contributed by atoms with Crippen LogP contribution >= 0.6 is 0 Å². The van der Waals surface area contributed by atoms with Gasteiger partial charge in [-0.2, -0.15) is 0 Å². The van der Waals surface area contributed by atoms with E-state index in [1.54, 1.807) is 25.3 Å². The highest BCUT2D eigenvalue weighted by atomic mass is 28.3. The molecule has 0 bridgehead atoms. The van der Waals surface area contributed by atoms with E-state index in [9.17, 15) is 14.7 Å². The summed E-state index contributed by atoms with van der Waals surface area (Å²) in [5.41, 5.74) is -0.215. The summed E-state index contributed by atoms with van der Waals surface area (Å²) in [6.07, 6.45) is 4.95. The van der Waals surface area contributed by atoms with Crippen LogP contribution in [0, 0.1) is 6.92 Å². The zero-order valence-electron chi connectivity index (χ0n) is 14.3. The summed E-state index contributed by atoms with van der Waals surface area (Å²) in [6, 6.07) is 0.768. The standard InChI is InChI=1S/C16H26N2O4Si/c1-12-10-17(13-5-6-14(19)9-13)16(21)18(15(12)20)11-22-7-8-23(2,3)4/h5-6,10,13-14,19H,7-9,11H2,1-4H3/t13-,14+/m0/s1. The average Bonchev–Trinajstić information content (AvgIpc) is 2.87. The second-order valence-corrected chi connectivity index (χ2v) is 13.0. The Balaban J connectivity index is 2.19. The molecule has 7 heteroatoms. The molecule has 0 unspecified atom stereocenters. The van der Waals surface area contributed by atoms with Crippen LogP contribution in [0.25, 0.3) is 0 Å². The van der Waals surface area contributed by atoms with Gasteiger partial charge in [0.05, 0.1) is 12.1 Å². The molecule has 1 N–H and O–H groups in total. The highest BCUT2D eigenvalue weighted by Gasteiger charge is 2.21. The quantitative estimate of drug-likeness (QED) is 0.484. The highest BCUT2D eigenvalue weighted by Crippen LogP contribution is 2.21. The second-order valence-electron chi connectivity index (χ2n) is 7.34. The molecular weight excluding hydrogens is 312 g/mol. The summed E-state index contributed by atoms with van der Waals surface area (Å²) < 4.78 is 8.21. The molecule has 1 aliphatic carbocycles. The molecule has 0 aromatic carbocycles. The number of aromatic nitrogens is 2. The Kier molecular flexibility index (Phi) is 5.44.